The van der Waals surface area contributed by atoms with Crippen LogP contribution in [0.15, 0.2) is 48.1 Å². The van der Waals surface area contributed by atoms with Crippen molar-refractivity contribution in [1.82, 2.24) is 4.57 Å². The van der Waals surface area contributed by atoms with Crippen LogP contribution >= 0.6 is 0 Å². The number of benzene rings is 1. The third kappa shape index (κ3) is 3.98. The maximum absolute atomic E-state index is 14.8. The average molecular weight is 680 g/mol. The molecule has 50 heavy (non-hydrogen) atoms. The Morgan fingerprint density at radius 3 is 2.42 bits per heavy atom. The second kappa shape index (κ2) is 10.2. The number of aliphatic carboxylic acids is 1. The van der Waals surface area contributed by atoms with Crippen LogP contribution in [0.5, 0.6) is 0 Å². The number of nitrogens with zero attached hydrogens (tertiary/aromatic N) is 1. The molecule has 2 fully saturated rings. The molecule has 0 radical (unpaired) electrons. The number of carboxylic acid groups (broad SMARTS) is 1. The highest BCUT2D eigenvalue weighted by Gasteiger charge is 2.67. The molecule has 2 aromatic rings. The molecule has 0 unspecified atom stereocenters. The van der Waals surface area contributed by atoms with Crippen LogP contribution in [0.3, 0.4) is 0 Å². The van der Waals surface area contributed by atoms with Gasteiger partial charge in [0.2, 0.25) is 0 Å². The molecule has 0 spiro atoms. The molecule has 1 aromatic carbocycles. The Morgan fingerprint density at radius 2 is 1.76 bits per heavy atom. The Morgan fingerprint density at radius 1 is 1.06 bits per heavy atom. The fourth-order valence-electron chi connectivity index (χ4n) is 12.6. The molecule has 6 aliphatic rings. The SMILES string of the molecule is C=C(C)[C@H]1C(=O)c2c3c(cc4c5c(n1c24)[C@@]1(C)[C@@H](CC[C@H]2[C@](C)(/C=C/C=C(\C)C(=O)O)[C@@H](O)CC[C@@]21C)C5)C1=CC(C)(C)OC(C)(C)[C@H]1[C@@H]3O. The number of carbonyl (C=O) groups excluding carboxylic acids is 1. The maximum atomic E-state index is 14.8. The molecule has 2 aliphatic heterocycles. The molecular weight excluding hydrogens is 626 g/mol. The third-order valence-electron chi connectivity index (χ3n) is 14.8. The number of carboxylic acids is 1. The highest BCUT2D eigenvalue weighted by molar-refractivity contribution is 6.18. The minimum absolute atomic E-state index is 0.0189. The van der Waals surface area contributed by atoms with Gasteiger partial charge in [-0.2, -0.15) is 0 Å². The van der Waals surface area contributed by atoms with Gasteiger partial charge in [-0.1, -0.05) is 51.2 Å². The van der Waals surface area contributed by atoms with E-state index in [1.807, 2.05) is 26.8 Å². The summed E-state index contributed by atoms with van der Waals surface area (Å²) in [5, 5.41) is 34.4. The van der Waals surface area contributed by atoms with E-state index in [9.17, 15) is 24.9 Å². The number of fused-ring (bicyclic) bond motifs is 11. The number of allylic oxidation sites excluding steroid dienone is 3. The lowest BCUT2D eigenvalue weighted by molar-refractivity contribution is -0.144. The molecule has 0 saturated heterocycles. The largest absolute Gasteiger partial charge is 0.478 e. The van der Waals surface area contributed by atoms with Crippen molar-refractivity contribution in [2.24, 2.45) is 28.6 Å². The molecule has 3 heterocycles. The molecule has 0 bridgehead atoms. The number of hydrogen-bond acceptors (Lipinski definition) is 5. The Bertz CT molecular complexity index is 2020. The van der Waals surface area contributed by atoms with Crippen LogP contribution in [0.2, 0.25) is 0 Å². The quantitative estimate of drug-likeness (QED) is 0.171. The summed E-state index contributed by atoms with van der Waals surface area (Å²) in [6, 6.07) is 1.75. The smallest absolute Gasteiger partial charge is 0.331 e. The lowest BCUT2D eigenvalue weighted by atomic mass is 9.40. The summed E-state index contributed by atoms with van der Waals surface area (Å²) in [7, 11) is 0. The first-order valence-corrected chi connectivity index (χ1v) is 18.5. The van der Waals surface area contributed by atoms with Gasteiger partial charge in [0.15, 0.2) is 5.78 Å². The summed E-state index contributed by atoms with van der Waals surface area (Å²) in [6.45, 7) is 23.1. The summed E-state index contributed by atoms with van der Waals surface area (Å²) in [4.78, 5) is 26.4. The van der Waals surface area contributed by atoms with Gasteiger partial charge >= 0.3 is 5.97 Å². The van der Waals surface area contributed by atoms with Crippen LogP contribution in [0.1, 0.15) is 133 Å². The van der Waals surface area contributed by atoms with Crippen molar-refractivity contribution >= 4 is 28.2 Å². The lowest BCUT2D eigenvalue weighted by Gasteiger charge is -2.64. The topological polar surface area (TPSA) is 109 Å². The fraction of sp³-hybridized carbons (Fsp3) is 0.581. The van der Waals surface area contributed by atoms with Gasteiger partial charge in [-0.3, -0.25) is 4.79 Å². The number of ether oxygens (including phenoxy) is 1. The first-order valence-electron chi connectivity index (χ1n) is 18.5. The van der Waals surface area contributed by atoms with Gasteiger partial charge in [-0.25, -0.2) is 4.79 Å². The zero-order chi connectivity index (χ0) is 36.2. The van der Waals surface area contributed by atoms with E-state index < -0.39 is 40.8 Å². The van der Waals surface area contributed by atoms with Crippen LogP contribution in [0, 0.1) is 28.6 Å². The maximum Gasteiger partial charge on any atom is 0.331 e. The van der Waals surface area contributed by atoms with Crippen molar-refractivity contribution in [1.29, 1.82) is 0 Å². The summed E-state index contributed by atoms with van der Waals surface area (Å²) in [5.74, 6) is -0.702. The third-order valence-corrected chi connectivity index (χ3v) is 14.8. The zero-order valence-corrected chi connectivity index (χ0v) is 31.1. The van der Waals surface area contributed by atoms with Crippen molar-refractivity contribution in [2.75, 3.05) is 0 Å². The van der Waals surface area contributed by atoms with Crippen molar-refractivity contribution in [2.45, 2.75) is 129 Å². The number of rotatable bonds is 4. The minimum Gasteiger partial charge on any atom is -0.478 e. The number of Topliss-reactive ketones (excluding diaryl/α,β-unsaturated/α-hetero) is 1. The van der Waals surface area contributed by atoms with Crippen molar-refractivity contribution < 1.29 is 29.6 Å². The van der Waals surface area contributed by atoms with Gasteiger partial charge in [0.05, 0.1) is 34.5 Å². The van der Waals surface area contributed by atoms with E-state index in [1.165, 1.54) is 11.3 Å². The first kappa shape index (κ1) is 33.9. The summed E-state index contributed by atoms with van der Waals surface area (Å²) < 4.78 is 8.86. The second-order valence-electron chi connectivity index (χ2n) is 18.3. The first-order chi connectivity index (χ1) is 23.2. The molecule has 3 N–H and O–H groups in total. The molecule has 7 nitrogen and oxygen atoms in total. The lowest BCUT2D eigenvalue weighted by Crippen LogP contribution is -2.62. The van der Waals surface area contributed by atoms with Crippen LogP contribution in [-0.4, -0.2) is 48.9 Å². The van der Waals surface area contributed by atoms with Gasteiger partial charge in [0, 0.05) is 39.0 Å². The van der Waals surface area contributed by atoms with E-state index >= 15 is 0 Å². The highest BCUT2D eigenvalue weighted by Crippen LogP contribution is 2.71. The molecule has 0 amide bonds. The zero-order valence-electron chi connectivity index (χ0n) is 31.1. The van der Waals surface area contributed by atoms with Crippen molar-refractivity contribution in [3.8, 4) is 0 Å². The van der Waals surface area contributed by atoms with E-state index in [0.717, 1.165) is 58.9 Å². The molecular formula is C43H53NO6. The number of hydrogen-bond donors (Lipinski definition) is 3. The van der Waals surface area contributed by atoms with Crippen molar-refractivity contribution in [3.05, 3.63) is 76.0 Å². The minimum atomic E-state index is -0.950. The molecule has 2 saturated carbocycles. The molecule has 4 aliphatic carbocycles. The highest BCUT2D eigenvalue weighted by atomic mass is 16.5. The van der Waals surface area contributed by atoms with E-state index in [4.69, 9.17) is 4.74 Å². The molecule has 1 aromatic heterocycles. The normalized spacial score (nSPS) is 39.2. The molecule has 7 heteroatoms. The van der Waals surface area contributed by atoms with Crippen LogP contribution in [0.4, 0.5) is 0 Å². The Kier molecular flexibility index (Phi) is 6.91. The van der Waals surface area contributed by atoms with E-state index in [-0.39, 0.29) is 34.0 Å². The Balaban J connectivity index is 1.36. The van der Waals surface area contributed by atoms with Crippen LogP contribution in [-0.2, 0) is 21.4 Å². The summed E-state index contributed by atoms with van der Waals surface area (Å²) in [6.07, 6.45) is 10.7. The number of aliphatic hydroxyl groups is 2. The van der Waals surface area contributed by atoms with Crippen molar-refractivity contribution in [3.63, 3.8) is 0 Å². The number of aliphatic hydroxyl groups excluding tert-OH is 2. The van der Waals surface area contributed by atoms with E-state index in [2.05, 4.69) is 64.0 Å². The summed E-state index contributed by atoms with van der Waals surface area (Å²) in [5.41, 5.74) is 5.80. The standard InChI is InChI=1S/C43H53NO6/c1-21(2)33-36(47)31-30-24(27-20-39(4,5)50-40(6,7)32(27)35(30)46)19-25-26-18-23-13-14-28-41(8,16-11-12-22(3)38(48)49)29(45)15-17-42(28,9)43(23,10)37(26)44(33)34(25)31/h11-12,16,19-20,23,28-29,32-33,35,45-46H,1,13-15,17-18H2,2-10H3,(H,48,49)/b16-11+,22-12+/t23-,28-,29-,32+,33-,35+,41-,42-,43+/m0/s1. The van der Waals surface area contributed by atoms with E-state index in [1.54, 1.807) is 13.0 Å². The predicted molar refractivity (Wildman–Crippen MR) is 195 cm³/mol. The van der Waals surface area contributed by atoms with Gasteiger partial charge in [0.1, 0.15) is 6.04 Å². The predicted octanol–water partition coefficient (Wildman–Crippen LogP) is 8.18. The summed E-state index contributed by atoms with van der Waals surface area (Å²) >= 11 is 0. The molecule has 8 rings (SSSR count). The number of carbonyl (C=O) groups is 2. The Labute approximate surface area is 295 Å². The van der Waals surface area contributed by atoms with Gasteiger partial charge in [0.25, 0.3) is 0 Å². The van der Waals surface area contributed by atoms with Crippen LogP contribution in [0.25, 0.3) is 16.5 Å². The monoisotopic (exact) mass is 679 g/mol. The average Bonchev–Trinajstić information content (AvgIpc) is 3.67. The Hall–Kier alpha value is -3.26. The van der Waals surface area contributed by atoms with Gasteiger partial charge < -0.3 is 24.6 Å². The van der Waals surface area contributed by atoms with Gasteiger partial charge in [-0.15, -0.1) is 0 Å². The van der Waals surface area contributed by atoms with Gasteiger partial charge in [-0.05, 0) is 120 Å². The fourth-order valence-corrected chi connectivity index (χ4v) is 12.6. The molecule has 266 valence electrons. The van der Waals surface area contributed by atoms with E-state index in [0.29, 0.717) is 17.9 Å². The number of ketones is 1. The van der Waals surface area contributed by atoms with Crippen LogP contribution < -0.4 is 0 Å². The molecule has 9 atom stereocenters. The number of aromatic nitrogens is 1. The second-order valence-corrected chi connectivity index (χ2v) is 18.3.